The Morgan fingerprint density at radius 3 is 2.42 bits per heavy atom. The van der Waals surface area contributed by atoms with Crippen LogP contribution in [0.25, 0.3) is 0 Å². The van der Waals surface area contributed by atoms with Gasteiger partial charge in [-0.25, -0.2) is 0 Å². The van der Waals surface area contributed by atoms with Gasteiger partial charge in [-0.15, -0.1) is 0 Å². The number of nitrogens with zero attached hydrogens (tertiary/aromatic N) is 1. The highest BCUT2D eigenvalue weighted by Crippen LogP contribution is 2.36. The van der Waals surface area contributed by atoms with Crippen molar-refractivity contribution in [3.8, 4) is 0 Å². The first-order valence-corrected chi connectivity index (χ1v) is 7.03. The standard InChI is InChI=1S/C14H27N3O2/c1-10(2)14(6-7-16-9-14)13(19)17(5)8-11(3)12(18)15-4/h10-11,16H,6-9H2,1-5H3,(H,15,18). The van der Waals surface area contributed by atoms with Crippen LogP contribution in [0.2, 0.25) is 0 Å². The summed E-state index contributed by atoms with van der Waals surface area (Å²) in [6, 6.07) is 0. The number of carbonyl (C=O) groups is 2. The molecule has 1 aliphatic rings. The molecule has 2 amide bonds. The van der Waals surface area contributed by atoms with E-state index in [1.807, 2.05) is 6.92 Å². The van der Waals surface area contributed by atoms with E-state index in [1.165, 1.54) is 0 Å². The molecule has 0 radical (unpaired) electrons. The second-order valence-corrected chi connectivity index (χ2v) is 5.94. The number of hydrogen-bond acceptors (Lipinski definition) is 3. The van der Waals surface area contributed by atoms with Crippen LogP contribution in [-0.4, -0.2) is 50.4 Å². The summed E-state index contributed by atoms with van der Waals surface area (Å²) in [5, 5.41) is 5.91. The van der Waals surface area contributed by atoms with Crippen LogP contribution in [0.3, 0.4) is 0 Å². The summed E-state index contributed by atoms with van der Waals surface area (Å²) in [5.41, 5.74) is -0.308. The van der Waals surface area contributed by atoms with Gasteiger partial charge in [0.2, 0.25) is 11.8 Å². The molecule has 1 heterocycles. The highest BCUT2D eigenvalue weighted by molar-refractivity contribution is 5.84. The minimum Gasteiger partial charge on any atom is -0.359 e. The van der Waals surface area contributed by atoms with E-state index in [2.05, 4.69) is 24.5 Å². The zero-order valence-corrected chi connectivity index (χ0v) is 12.7. The highest BCUT2D eigenvalue weighted by atomic mass is 16.2. The minimum atomic E-state index is -0.308. The average Bonchev–Trinajstić information content (AvgIpc) is 2.87. The van der Waals surface area contributed by atoms with Crippen LogP contribution in [0, 0.1) is 17.3 Å². The summed E-state index contributed by atoms with van der Waals surface area (Å²) in [4.78, 5) is 26.0. The molecular weight excluding hydrogens is 242 g/mol. The lowest BCUT2D eigenvalue weighted by Crippen LogP contribution is -2.49. The second-order valence-electron chi connectivity index (χ2n) is 5.94. The van der Waals surface area contributed by atoms with E-state index in [1.54, 1.807) is 19.0 Å². The topological polar surface area (TPSA) is 61.4 Å². The molecule has 1 saturated heterocycles. The van der Waals surface area contributed by atoms with Crippen molar-refractivity contribution >= 4 is 11.8 Å². The van der Waals surface area contributed by atoms with Crippen molar-refractivity contribution in [2.75, 3.05) is 33.7 Å². The fourth-order valence-corrected chi connectivity index (χ4v) is 2.84. The van der Waals surface area contributed by atoms with Crippen molar-refractivity contribution in [2.45, 2.75) is 27.2 Å². The summed E-state index contributed by atoms with van der Waals surface area (Å²) in [7, 11) is 3.42. The number of rotatable bonds is 5. The van der Waals surface area contributed by atoms with E-state index in [0.717, 1.165) is 19.5 Å². The van der Waals surface area contributed by atoms with Crippen LogP contribution in [0.5, 0.6) is 0 Å². The zero-order chi connectivity index (χ0) is 14.6. The van der Waals surface area contributed by atoms with E-state index in [0.29, 0.717) is 12.5 Å². The first-order valence-electron chi connectivity index (χ1n) is 7.03. The molecule has 0 bridgehead atoms. The summed E-state index contributed by atoms with van der Waals surface area (Å²) < 4.78 is 0. The summed E-state index contributed by atoms with van der Waals surface area (Å²) >= 11 is 0. The fourth-order valence-electron chi connectivity index (χ4n) is 2.84. The van der Waals surface area contributed by atoms with Crippen LogP contribution in [0.15, 0.2) is 0 Å². The zero-order valence-electron chi connectivity index (χ0n) is 12.7. The SMILES string of the molecule is CNC(=O)C(C)CN(C)C(=O)C1(C(C)C)CCNC1. The maximum Gasteiger partial charge on any atom is 0.230 e. The molecule has 2 N–H and O–H groups in total. The molecule has 1 fully saturated rings. The van der Waals surface area contributed by atoms with Gasteiger partial charge in [0.25, 0.3) is 0 Å². The van der Waals surface area contributed by atoms with Gasteiger partial charge in [0, 0.05) is 27.2 Å². The molecule has 2 unspecified atom stereocenters. The van der Waals surface area contributed by atoms with Crippen molar-refractivity contribution in [1.82, 2.24) is 15.5 Å². The van der Waals surface area contributed by atoms with Crippen molar-refractivity contribution in [2.24, 2.45) is 17.3 Å². The van der Waals surface area contributed by atoms with Gasteiger partial charge in [0.1, 0.15) is 0 Å². The Hall–Kier alpha value is -1.10. The lowest BCUT2D eigenvalue weighted by Gasteiger charge is -2.35. The van der Waals surface area contributed by atoms with Crippen molar-refractivity contribution in [1.29, 1.82) is 0 Å². The number of amides is 2. The second kappa shape index (κ2) is 6.37. The molecule has 0 aromatic rings. The average molecular weight is 269 g/mol. The predicted octanol–water partition coefficient (Wildman–Crippen LogP) is 0.463. The molecule has 19 heavy (non-hydrogen) atoms. The first-order chi connectivity index (χ1) is 8.85. The van der Waals surface area contributed by atoms with Crippen molar-refractivity contribution < 1.29 is 9.59 Å². The van der Waals surface area contributed by atoms with Gasteiger partial charge >= 0.3 is 0 Å². The normalized spacial score (nSPS) is 24.3. The van der Waals surface area contributed by atoms with E-state index in [-0.39, 0.29) is 23.1 Å². The Morgan fingerprint density at radius 2 is 2.00 bits per heavy atom. The van der Waals surface area contributed by atoms with Crippen molar-refractivity contribution in [3.63, 3.8) is 0 Å². The summed E-state index contributed by atoms with van der Waals surface area (Å²) in [5.74, 6) is 0.247. The Morgan fingerprint density at radius 1 is 1.37 bits per heavy atom. The van der Waals surface area contributed by atoms with Gasteiger partial charge < -0.3 is 15.5 Å². The minimum absolute atomic E-state index is 0.0252. The fraction of sp³-hybridized carbons (Fsp3) is 0.857. The van der Waals surface area contributed by atoms with Crippen LogP contribution in [-0.2, 0) is 9.59 Å². The largest absolute Gasteiger partial charge is 0.359 e. The number of carbonyl (C=O) groups excluding carboxylic acids is 2. The van der Waals surface area contributed by atoms with Crippen LogP contribution >= 0.6 is 0 Å². The van der Waals surface area contributed by atoms with Crippen molar-refractivity contribution in [3.05, 3.63) is 0 Å². The molecule has 2 atom stereocenters. The molecule has 0 aromatic carbocycles. The third-order valence-electron chi connectivity index (χ3n) is 4.31. The lowest BCUT2D eigenvalue weighted by atomic mass is 9.75. The predicted molar refractivity (Wildman–Crippen MR) is 75.6 cm³/mol. The monoisotopic (exact) mass is 269 g/mol. The quantitative estimate of drug-likeness (QED) is 0.762. The van der Waals surface area contributed by atoms with Crippen LogP contribution < -0.4 is 10.6 Å². The van der Waals surface area contributed by atoms with Gasteiger partial charge in [0.15, 0.2) is 0 Å². The molecule has 0 aromatic heterocycles. The number of nitrogens with one attached hydrogen (secondary N) is 2. The lowest BCUT2D eigenvalue weighted by molar-refractivity contribution is -0.143. The molecule has 0 spiro atoms. The van der Waals surface area contributed by atoms with E-state index >= 15 is 0 Å². The van der Waals surface area contributed by atoms with Gasteiger partial charge in [-0.2, -0.15) is 0 Å². The Kier molecular flexibility index (Phi) is 5.35. The maximum atomic E-state index is 12.7. The van der Waals surface area contributed by atoms with Crippen LogP contribution in [0.4, 0.5) is 0 Å². The Balaban J connectivity index is 2.72. The molecule has 1 aliphatic heterocycles. The third-order valence-corrected chi connectivity index (χ3v) is 4.31. The molecule has 0 saturated carbocycles. The highest BCUT2D eigenvalue weighted by Gasteiger charge is 2.45. The van der Waals surface area contributed by atoms with Gasteiger partial charge in [-0.1, -0.05) is 20.8 Å². The van der Waals surface area contributed by atoms with Gasteiger partial charge in [-0.05, 0) is 18.9 Å². The molecule has 5 heteroatoms. The molecular formula is C14H27N3O2. The summed E-state index contributed by atoms with van der Waals surface area (Å²) in [6.45, 7) is 8.14. The molecule has 1 rings (SSSR count). The molecule has 0 aliphatic carbocycles. The molecule has 5 nitrogen and oxygen atoms in total. The first kappa shape index (κ1) is 16.0. The van der Waals surface area contributed by atoms with E-state index < -0.39 is 0 Å². The Labute approximate surface area is 116 Å². The molecule has 110 valence electrons. The van der Waals surface area contributed by atoms with E-state index in [4.69, 9.17) is 0 Å². The van der Waals surface area contributed by atoms with Gasteiger partial charge in [-0.3, -0.25) is 9.59 Å². The van der Waals surface area contributed by atoms with Crippen LogP contribution in [0.1, 0.15) is 27.2 Å². The number of hydrogen-bond donors (Lipinski definition) is 2. The van der Waals surface area contributed by atoms with Gasteiger partial charge in [0.05, 0.1) is 11.3 Å². The maximum absolute atomic E-state index is 12.7. The Bertz CT molecular complexity index is 336. The van der Waals surface area contributed by atoms with E-state index in [9.17, 15) is 9.59 Å². The smallest absolute Gasteiger partial charge is 0.230 e. The third kappa shape index (κ3) is 3.26. The summed E-state index contributed by atoms with van der Waals surface area (Å²) in [6.07, 6.45) is 0.877.